The van der Waals surface area contributed by atoms with Crippen molar-refractivity contribution < 1.29 is 23.8 Å². The van der Waals surface area contributed by atoms with Crippen LogP contribution in [0.15, 0.2) is 109 Å². The van der Waals surface area contributed by atoms with Gasteiger partial charge in [-0.25, -0.2) is 4.79 Å². The lowest BCUT2D eigenvalue weighted by Crippen LogP contribution is -2.43. The summed E-state index contributed by atoms with van der Waals surface area (Å²) in [6, 6.07) is 33.1. The number of esters is 1. The van der Waals surface area contributed by atoms with Crippen molar-refractivity contribution in [2.24, 2.45) is 0 Å². The van der Waals surface area contributed by atoms with Crippen molar-refractivity contribution >= 4 is 11.9 Å². The van der Waals surface area contributed by atoms with E-state index in [1.54, 1.807) is 24.3 Å². The van der Waals surface area contributed by atoms with Crippen molar-refractivity contribution in [1.29, 1.82) is 0 Å². The first kappa shape index (κ1) is 25.5. The summed E-state index contributed by atoms with van der Waals surface area (Å²) in [5.74, 6) is 0.265. The summed E-state index contributed by atoms with van der Waals surface area (Å²) in [6.07, 6.45) is 0.228. The molecule has 0 heterocycles. The molecule has 0 aliphatic rings. The van der Waals surface area contributed by atoms with Gasteiger partial charge in [0.1, 0.15) is 19.3 Å². The van der Waals surface area contributed by atoms with E-state index < -0.39 is 12.0 Å². The Balaban J connectivity index is 1.53. The Hall–Kier alpha value is -4.58. The van der Waals surface area contributed by atoms with Crippen LogP contribution >= 0.6 is 0 Å². The maximum absolute atomic E-state index is 12.7. The largest absolute Gasteiger partial charge is 0.485 e. The maximum atomic E-state index is 12.7. The molecule has 4 rings (SSSR count). The number of hydrogen-bond donors (Lipinski definition) is 1. The first-order valence-corrected chi connectivity index (χ1v) is 12.0. The van der Waals surface area contributed by atoms with Gasteiger partial charge in [-0.15, -0.1) is 0 Å². The van der Waals surface area contributed by atoms with Crippen LogP contribution in [0.1, 0.15) is 27.0 Å². The van der Waals surface area contributed by atoms with E-state index in [-0.39, 0.29) is 12.3 Å². The molecule has 0 aromatic heterocycles. The summed E-state index contributed by atoms with van der Waals surface area (Å²) in [6.45, 7) is 0.747. The summed E-state index contributed by atoms with van der Waals surface area (Å²) >= 11 is 0. The van der Waals surface area contributed by atoms with E-state index in [1.807, 2.05) is 84.9 Å². The molecule has 1 atom stereocenters. The van der Waals surface area contributed by atoms with Crippen LogP contribution in [0.2, 0.25) is 0 Å². The molecule has 4 aromatic carbocycles. The Bertz CT molecular complexity index is 1290. The molecular weight excluding hydrogens is 466 g/mol. The molecule has 0 aliphatic heterocycles. The van der Waals surface area contributed by atoms with Gasteiger partial charge in [0.15, 0.2) is 11.5 Å². The summed E-state index contributed by atoms with van der Waals surface area (Å²) in [4.78, 5) is 25.2. The van der Waals surface area contributed by atoms with Gasteiger partial charge in [-0.05, 0) is 41.0 Å². The maximum Gasteiger partial charge on any atom is 0.328 e. The lowest BCUT2D eigenvalue weighted by Gasteiger charge is -2.18. The highest BCUT2D eigenvalue weighted by Crippen LogP contribution is 2.30. The van der Waals surface area contributed by atoms with Gasteiger partial charge in [-0.1, -0.05) is 84.9 Å². The van der Waals surface area contributed by atoms with Crippen LogP contribution < -0.4 is 14.8 Å². The van der Waals surface area contributed by atoms with E-state index in [0.29, 0.717) is 30.3 Å². The van der Waals surface area contributed by atoms with Crippen LogP contribution in [0.3, 0.4) is 0 Å². The zero-order valence-electron chi connectivity index (χ0n) is 20.6. The normalized spacial score (nSPS) is 11.3. The average molecular weight is 496 g/mol. The number of rotatable bonds is 11. The van der Waals surface area contributed by atoms with Crippen molar-refractivity contribution in [3.63, 3.8) is 0 Å². The molecule has 0 spiro atoms. The smallest absolute Gasteiger partial charge is 0.328 e. The van der Waals surface area contributed by atoms with Gasteiger partial charge in [0.2, 0.25) is 0 Å². The van der Waals surface area contributed by atoms with Crippen molar-refractivity contribution in [1.82, 2.24) is 5.32 Å². The SMILES string of the molecule is COC(=O)[C@@H](Cc1ccc(OCc2ccccc2)c(OCc2ccccc2)c1)NC(=O)c1ccccc1. The molecule has 6 heteroatoms. The second kappa shape index (κ2) is 12.9. The van der Waals surface area contributed by atoms with E-state index in [9.17, 15) is 9.59 Å². The standard InChI is InChI=1S/C31H29NO5/c1-35-31(34)27(32-30(33)26-15-9-4-10-16-26)19-25-17-18-28(36-21-23-11-5-2-6-12-23)29(20-25)37-22-24-13-7-3-8-14-24/h2-18,20,27H,19,21-22H2,1H3,(H,32,33)/t27-/m1/s1. The molecule has 4 aromatic rings. The van der Waals surface area contributed by atoms with Gasteiger partial charge in [0.05, 0.1) is 7.11 Å². The minimum absolute atomic E-state index is 0.228. The van der Waals surface area contributed by atoms with E-state index in [1.165, 1.54) is 7.11 Å². The number of benzene rings is 4. The Morgan fingerprint density at radius 2 is 1.22 bits per heavy atom. The molecular formula is C31H29NO5. The predicted molar refractivity (Wildman–Crippen MR) is 141 cm³/mol. The van der Waals surface area contributed by atoms with Crippen molar-refractivity contribution in [2.75, 3.05) is 7.11 Å². The van der Waals surface area contributed by atoms with E-state index in [4.69, 9.17) is 14.2 Å². The van der Waals surface area contributed by atoms with E-state index in [2.05, 4.69) is 5.32 Å². The molecule has 37 heavy (non-hydrogen) atoms. The molecule has 0 fully saturated rings. The van der Waals surface area contributed by atoms with Crippen LogP contribution in [0.25, 0.3) is 0 Å². The van der Waals surface area contributed by atoms with E-state index in [0.717, 1.165) is 16.7 Å². The molecule has 0 bridgehead atoms. The fourth-order valence-corrected chi connectivity index (χ4v) is 3.78. The number of ether oxygens (including phenoxy) is 3. The summed E-state index contributed by atoms with van der Waals surface area (Å²) in [7, 11) is 1.30. The topological polar surface area (TPSA) is 73.9 Å². The first-order valence-electron chi connectivity index (χ1n) is 12.0. The Labute approximate surface area is 216 Å². The average Bonchev–Trinajstić information content (AvgIpc) is 2.96. The third-order valence-corrected chi connectivity index (χ3v) is 5.75. The van der Waals surface area contributed by atoms with Gasteiger partial charge >= 0.3 is 5.97 Å². The Morgan fingerprint density at radius 1 is 0.676 bits per heavy atom. The second-order valence-electron chi connectivity index (χ2n) is 8.45. The van der Waals surface area contributed by atoms with E-state index >= 15 is 0 Å². The molecule has 0 aliphatic carbocycles. The monoisotopic (exact) mass is 495 g/mol. The fourth-order valence-electron chi connectivity index (χ4n) is 3.78. The van der Waals surface area contributed by atoms with Crippen LogP contribution in [-0.2, 0) is 29.2 Å². The van der Waals surface area contributed by atoms with Gasteiger partial charge in [0, 0.05) is 12.0 Å². The second-order valence-corrected chi connectivity index (χ2v) is 8.45. The highest BCUT2D eigenvalue weighted by atomic mass is 16.5. The van der Waals surface area contributed by atoms with Crippen LogP contribution in [0.4, 0.5) is 0 Å². The van der Waals surface area contributed by atoms with Gasteiger partial charge in [0.25, 0.3) is 5.91 Å². The fraction of sp³-hybridized carbons (Fsp3) is 0.161. The number of carbonyl (C=O) groups excluding carboxylic acids is 2. The Morgan fingerprint density at radius 3 is 1.78 bits per heavy atom. The van der Waals surface area contributed by atoms with Crippen LogP contribution in [0.5, 0.6) is 11.5 Å². The number of methoxy groups -OCH3 is 1. The lowest BCUT2D eigenvalue weighted by molar-refractivity contribution is -0.142. The lowest BCUT2D eigenvalue weighted by atomic mass is 10.0. The predicted octanol–water partition coefficient (Wildman–Crippen LogP) is 5.36. The highest BCUT2D eigenvalue weighted by molar-refractivity contribution is 5.96. The molecule has 6 nitrogen and oxygen atoms in total. The minimum Gasteiger partial charge on any atom is -0.485 e. The Kier molecular flexibility index (Phi) is 8.92. The molecule has 1 amide bonds. The van der Waals surface area contributed by atoms with Crippen molar-refractivity contribution in [2.45, 2.75) is 25.7 Å². The minimum atomic E-state index is -0.865. The zero-order valence-corrected chi connectivity index (χ0v) is 20.6. The zero-order chi connectivity index (χ0) is 25.9. The van der Waals surface area contributed by atoms with Crippen molar-refractivity contribution in [3.8, 4) is 11.5 Å². The highest BCUT2D eigenvalue weighted by Gasteiger charge is 2.23. The number of amides is 1. The molecule has 188 valence electrons. The number of hydrogen-bond acceptors (Lipinski definition) is 5. The summed E-state index contributed by atoms with van der Waals surface area (Å²) in [5, 5.41) is 2.79. The van der Waals surface area contributed by atoms with Crippen LogP contribution in [0, 0.1) is 0 Å². The summed E-state index contributed by atoms with van der Waals surface area (Å²) in [5.41, 5.74) is 3.31. The number of carbonyl (C=O) groups is 2. The molecule has 0 radical (unpaired) electrons. The number of nitrogens with one attached hydrogen (secondary N) is 1. The van der Waals surface area contributed by atoms with Crippen LogP contribution in [-0.4, -0.2) is 25.0 Å². The quantitative estimate of drug-likeness (QED) is 0.284. The summed E-state index contributed by atoms with van der Waals surface area (Å²) < 4.78 is 17.2. The first-order chi connectivity index (χ1) is 18.1. The van der Waals surface area contributed by atoms with Gasteiger partial charge in [-0.3, -0.25) is 4.79 Å². The van der Waals surface area contributed by atoms with Gasteiger partial charge in [-0.2, -0.15) is 0 Å². The molecule has 0 saturated heterocycles. The molecule has 0 saturated carbocycles. The van der Waals surface area contributed by atoms with Crippen molar-refractivity contribution in [3.05, 3.63) is 131 Å². The third-order valence-electron chi connectivity index (χ3n) is 5.75. The van der Waals surface area contributed by atoms with Gasteiger partial charge < -0.3 is 19.5 Å². The third kappa shape index (κ3) is 7.45. The molecule has 1 N–H and O–H groups in total. The molecule has 0 unspecified atom stereocenters.